The summed E-state index contributed by atoms with van der Waals surface area (Å²) in [7, 11) is 1.87. The van der Waals surface area contributed by atoms with Crippen LogP contribution in [0.25, 0.3) is 11.0 Å². The molecule has 1 N–H and O–H groups in total. The summed E-state index contributed by atoms with van der Waals surface area (Å²) in [6, 6.07) is 7.56. The Morgan fingerprint density at radius 2 is 1.97 bits per heavy atom. The summed E-state index contributed by atoms with van der Waals surface area (Å²) in [5, 5.41) is 8.44. The number of nitrogens with zero attached hydrogens (tertiary/aromatic N) is 3. The van der Waals surface area contributed by atoms with Crippen molar-refractivity contribution in [1.82, 2.24) is 20.1 Å². The number of amides is 1. The van der Waals surface area contributed by atoms with Crippen molar-refractivity contribution in [2.75, 3.05) is 13.2 Å². The van der Waals surface area contributed by atoms with Crippen LogP contribution in [0.15, 0.2) is 24.3 Å². The largest absolute Gasteiger partial charge is 0.486 e. The first-order valence-corrected chi connectivity index (χ1v) is 10.1. The molecule has 3 aromatic rings. The van der Waals surface area contributed by atoms with Crippen molar-refractivity contribution in [2.45, 2.75) is 38.6 Å². The maximum absolute atomic E-state index is 13.3. The average molecular weight is 392 g/mol. The predicted molar refractivity (Wildman–Crippen MR) is 109 cm³/mol. The van der Waals surface area contributed by atoms with Crippen LogP contribution >= 0.6 is 0 Å². The summed E-state index contributed by atoms with van der Waals surface area (Å²) in [5.41, 5.74) is 4.18. The highest BCUT2D eigenvalue weighted by Gasteiger charge is 2.29. The standard InChI is InChI=1S/C22H24N4O3/c1-12(15-6-7-18-19(10-15)29-9-8-28-18)23-22(27)16-11-17(14-4-5-14)24-21-20(16)13(2)25-26(21)3/h6-7,10-12,14H,4-5,8-9H2,1-3H3,(H,23,27). The molecule has 29 heavy (non-hydrogen) atoms. The van der Waals surface area contributed by atoms with Crippen LogP contribution in [0.2, 0.25) is 0 Å². The number of pyridine rings is 1. The summed E-state index contributed by atoms with van der Waals surface area (Å²) < 4.78 is 13.0. The number of ether oxygens (including phenoxy) is 2. The Hall–Kier alpha value is -3.09. The molecule has 2 aliphatic rings. The van der Waals surface area contributed by atoms with E-state index in [4.69, 9.17) is 14.5 Å². The number of hydrogen-bond acceptors (Lipinski definition) is 5. The number of carbonyl (C=O) groups is 1. The zero-order chi connectivity index (χ0) is 20.1. The first-order chi connectivity index (χ1) is 14.0. The van der Waals surface area contributed by atoms with E-state index >= 15 is 0 Å². The topological polar surface area (TPSA) is 78.3 Å². The quantitative estimate of drug-likeness (QED) is 0.736. The van der Waals surface area contributed by atoms with Crippen LogP contribution in [0.4, 0.5) is 0 Å². The van der Waals surface area contributed by atoms with E-state index in [0.717, 1.165) is 52.3 Å². The molecular weight excluding hydrogens is 368 g/mol. The molecule has 1 atom stereocenters. The van der Waals surface area contributed by atoms with Crippen LogP contribution in [-0.4, -0.2) is 33.9 Å². The zero-order valence-corrected chi connectivity index (χ0v) is 16.9. The minimum atomic E-state index is -0.178. The second-order valence-electron chi connectivity index (χ2n) is 7.87. The van der Waals surface area contributed by atoms with Gasteiger partial charge >= 0.3 is 0 Å². The maximum Gasteiger partial charge on any atom is 0.252 e. The van der Waals surface area contributed by atoms with Gasteiger partial charge in [-0.25, -0.2) is 4.98 Å². The average Bonchev–Trinajstić information content (AvgIpc) is 3.53. The number of hydrogen-bond donors (Lipinski definition) is 1. The Morgan fingerprint density at radius 1 is 1.21 bits per heavy atom. The fraction of sp³-hybridized carbons (Fsp3) is 0.409. The Kier molecular flexibility index (Phi) is 4.19. The molecule has 1 fully saturated rings. The van der Waals surface area contributed by atoms with Gasteiger partial charge in [0, 0.05) is 18.7 Å². The Bertz CT molecular complexity index is 1120. The van der Waals surface area contributed by atoms with Crippen LogP contribution in [-0.2, 0) is 7.05 Å². The van der Waals surface area contributed by atoms with Crippen molar-refractivity contribution in [3.8, 4) is 11.5 Å². The highest BCUT2D eigenvalue weighted by Crippen LogP contribution is 2.40. The minimum absolute atomic E-state index is 0.113. The van der Waals surface area contributed by atoms with Gasteiger partial charge in [0.25, 0.3) is 5.91 Å². The normalized spacial score (nSPS) is 16.7. The van der Waals surface area contributed by atoms with E-state index in [0.29, 0.717) is 24.7 Å². The van der Waals surface area contributed by atoms with E-state index in [1.54, 1.807) is 4.68 Å². The molecule has 7 nitrogen and oxygen atoms in total. The molecule has 0 bridgehead atoms. The van der Waals surface area contributed by atoms with E-state index < -0.39 is 0 Å². The molecular formula is C22H24N4O3. The number of rotatable bonds is 4. The highest BCUT2D eigenvalue weighted by atomic mass is 16.6. The lowest BCUT2D eigenvalue weighted by atomic mass is 10.0. The third-order valence-electron chi connectivity index (χ3n) is 5.64. The van der Waals surface area contributed by atoms with Crippen molar-refractivity contribution in [3.05, 3.63) is 46.8 Å². The second-order valence-corrected chi connectivity index (χ2v) is 7.87. The third kappa shape index (κ3) is 3.20. The number of nitrogens with one attached hydrogen (secondary N) is 1. The Balaban J connectivity index is 1.47. The molecule has 0 spiro atoms. The lowest BCUT2D eigenvalue weighted by molar-refractivity contribution is 0.0941. The number of carbonyl (C=O) groups excluding carboxylic acids is 1. The van der Waals surface area contributed by atoms with Gasteiger partial charge in [0.15, 0.2) is 17.1 Å². The van der Waals surface area contributed by atoms with Crippen LogP contribution in [0, 0.1) is 6.92 Å². The molecule has 5 rings (SSSR count). The molecule has 1 amide bonds. The van der Waals surface area contributed by atoms with Crippen LogP contribution in [0.3, 0.4) is 0 Å². The highest BCUT2D eigenvalue weighted by molar-refractivity contribution is 6.06. The van der Waals surface area contributed by atoms with Gasteiger partial charge in [0.1, 0.15) is 13.2 Å². The molecule has 0 saturated heterocycles. The number of benzene rings is 1. The lowest BCUT2D eigenvalue weighted by Gasteiger charge is -2.21. The van der Waals surface area contributed by atoms with Crippen LogP contribution in [0.1, 0.15) is 59.0 Å². The number of aromatic nitrogens is 3. The molecule has 1 aliphatic heterocycles. The molecule has 1 unspecified atom stereocenters. The molecule has 1 aromatic carbocycles. The molecule has 1 saturated carbocycles. The van der Waals surface area contributed by atoms with E-state index in [2.05, 4.69) is 10.4 Å². The van der Waals surface area contributed by atoms with Crippen molar-refractivity contribution >= 4 is 16.9 Å². The summed E-state index contributed by atoms with van der Waals surface area (Å²) in [6.07, 6.45) is 2.26. The van der Waals surface area contributed by atoms with Crippen LogP contribution < -0.4 is 14.8 Å². The fourth-order valence-corrected chi connectivity index (χ4v) is 3.92. The summed E-state index contributed by atoms with van der Waals surface area (Å²) in [5.74, 6) is 1.81. The predicted octanol–water partition coefficient (Wildman–Crippen LogP) is 3.42. The minimum Gasteiger partial charge on any atom is -0.486 e. The van der Waals surface area contributed by atoms with Gasteiger partial charge in [0.05, 0.1) is 22.7 Å². The molecule has 1 aliphatic carbocycles. The molecule has 0 radical (unpaired) electrons. The first kappa shape index (κ1) is 18.0. The van der Waals surface area contributed by atoms with E-state index in [-0.39, 0.29) is 11.9 Å². The zero-order valence-electron chi connectivity index (χ0n) is 16.9. The summed E-state index contributed by atoms with van der Waals surface area (Å²) >= 11 is 0. The Morgan fingerprint density at radius 3 is 2.72 bits per heavy atom. The first-order valence-electron chi connectivity index (χ1n) is 10.1. The summed E-state index contributed by atoms with van der Waals surface area (Å²) in [4.78, 5) is 18.0. The van der Waals surface area contributed by atoms with Crippen molar-refractivity contribution in [3.63, 3.8) is 0 Å². The SMILES string of the molecule is Cc1nn(C)c2nc(C3CC3)cc(C(=O)NC(C)c3ccc4c(c3)OCCO4)c12. The van der Waals surface area contributed by atoms with Gasteiger partial charge in [-0.2, -0.15) is 5.10 Å². The van der Waals surface area contributed by atoms with Crippen molar-refractivity contribution < 1.29 is 14.3 Å². The second kappa shape index (κ2) is 6.76. The van der Waals surface area contributed by atoms with Gasteiger partial charge in [-0.1, -0.05) is 6.07 Å². The molecule has 7 heteroatoms. The number of aryl methyl sites for hydroxylation is 2. The van der Waals surface area contributed by atoms with Gasteiger partial charge in [-0.3, -0.25) is 9.48 Å². The third-order valence-corrected chi connectivity index (χ3v) is 5.64. The van der Waals surface area contributed by atoms with Gasteiger partial charge in [-0.05, 0) is 50.5 Å². The summed E-state index contributed by atoms with van der Waals surface area (Å²) in [6.45, 7) is 4.99. The fourth-order valence-electron chi connectivity index (χ4n) is 3.92. The van der Waals surface area contributed by atoms with Crippen molar-refractivity contribution in [1.29, 1.82) is 0 Å². The number of fused-ring (bicyclic) bond motifs is 2. The van der Waals surface area contributed by atoms with E-state index in [9.17, 15) is 4.79 Å². The molecule has 2 aromatic heterocycles. The van der Waals surface area contributed by atoms with Gasteiger partial charge < -0.3 is 14.8 Å². The van der Waals surface area contributed by atoms with Gasteiger partial charge in [-0.15, -0.1) is 0 Å². The van der Waals surface area contributed by atoms with E-state index in [1.165, 1.54) is 0 Å². The molecule has 3 heterocycles. The van der Waals surface area contributed by atoms with Crippen molar-refractivity contribution in [2.24, 2.45) is 7.05 Å². The monoisotopic (exact) mass is 392 g/mol. The smallest absolute Gasteiger partial charge is 0.252 e. The van der Waals surface area contributed by atoms with Gasteiger partial charge in [0.2, 0.25) is 0 Å². The Labute approximate surface area is 169 Å². The maximum atomic E-state index is 13.3. The van der Waals surface area contributed by atoms with Crippen LogP contribution in [0.5, 0.6) is 11.5 Å². The molecule has 150 valence electrons. The lowest BCUT2D eigenvalue weighted by Crippen LogP contribution is -2.27. The van der Waals surface area contributed by atoms with E-state index in [1.807, 2.05) is 45.2 Å².